The number of amides is 5. The van der Waals surface area contributed by atoms with Crippen LogP contribution in [-0.2, 0) is 42.3 Å². The number of aromatic nitrogens is 1. The van der Waals surface area contributed by atoms with Crippen LogP contribution >= 0.6 is 0 Å². The van der Waals surface area contributed by atoms with Crippen LogP contribution in [0, 0.1) is 11.8 Å². The minimum Gasteiger partial charge on any atom is -0.459 e. The Morgan fingerprint density at radius 1 is 1.08 bits per heavy atom. The van der Waals surface area contributed by atoms with Gasteiger partial charge in [0.15, 0.2) is 5.76 Å². The van der Waals surface area contributed by atoms with E-state index in [0.717, 1.165) is 27.7 Å². The first-order chi connectivity index (χ1) is 24.6. The van der Waals surface area contributed by atoms with Crippen molar-refractivity contribution in [1.82, 2.24) is 29.9 Å². The van der Waals surface area contributed by atoms with Crippen LogP contribution in [0.4, 0.5) is 0 Å². The van der Waals surface area contributed by atoms with Crippen LogP contribution < -0.4 is 5.32 Å². The topological polar surface area (TPSA) is 148 Å². The van der Waals surface area contributed by atoms with E-state index >= 15 is 0 Å². The zero-order valence-electron chi connectivity index (χ0n) is 30.2. The second kappa shape index (κ2) is 15.3. The molecule has 3 atom stereocenters. The molecule has 0 spiro atoms. The number of nitrogens with one attached hydrogen (secondary N) is 2. The van der Waals surface area contributed by atoms with E-state index in [1.807, 2.05) is 16.7 Å². The van der Waals surface area contributed by atoms with Crippen molar-refractivity contribution >= 4 is 40.4 Å². The van der Waals surface area contributed by atoms with Crippen molar-refractivity contribution in [2.24, 2.45) is 11.8 Å². The van der Waals surface area contributed by atoms with E-state index in [1.165, 1.54) is 6.26 Å². The van der Waals surface area contributed by atoms with Gasteiger partial charge in [0.2, 0.25) is 23.6 Å². The number of hydrogen-bond donors (Lipinski definition) is 2. The lowest BCUT2D eigenvalue weighted by atomic mass is 9.65. The van der Waals surface area contributed by atoms with E-state index in [2.05, 4.69) is 28.5 Å². The van der Waals surface area contributed by atoms with Gasteiger partial charge in [-0.3, -0.25) is 24.0 Å². The average Bonchev–Trinajstić information content (AvgIpc) is 3.81. The highest BCUT2D eigenvalue weighted by Gasteiger charge is 2.59. The molecular formula is C38H50N6O7. The Labute approximate surface area is 298 Å². The average molecular weight is 703 g/mol. The fourth-order valence-corrected chi connectivity index (χ4v) is 8.33. The normalized spacial score (nSPS) is 21.7. The molecule has 0 unspecified atom stereocenters. The molecule has 2 fully saturated rings. The number of carbonyl (C=O) groups excluding carboxylic acids is 5. The van der Waals surface area contributed by atoms with Gasteiger partial charge < -0.3 is 39.1 Å². The molecule has 5 amide bonds. The first-order valence-corrected chi connectivity index (χ1v) is 18.1. The smallest absolute Gasteiger partial charge is 0.289 e. The second-order valence-electron chi connectivity index (χ2n) is 14.1. The minimum absolute atomic E-state index is 0.00586. The molecule has 1 aromatic carbocycles. The number of aryl methyl sites for hydroxylation is 1. The van der Waals surface area contributed by atoms with Crippen molar-refractivity contribution in [3.8, 4) is 0 Å². The van der Waals surface area contributed by atoms with Crippen LogP contribution in [0.3, 0.4) is 0 Å². The lowest BCUT2D eigenvalue weighted by Crippen LogP contribution is -2.66. The van der Waals surface area contributed by atoms with Crippen molar-refractivity contribution < 1.29 is 33.1 Å². The van der Waals surface area contributed by atoms with Crippen molar-refractivity contribution in [2.75, 3.05) is 67.1 Å². The number of nitrogens with zero attached hydrogens (tertiary/aromatic N) is 4. The van der Waals surface area contributed by atoms with Gasteiger partial charge in [0, 0.05) is 102 Å². The Morgan fingerprint density at radius 2 is 1.84 bits per heavy atom. The van der Waals surface area contributed by atoms with E-state index in [0.29, 0.717) is 78.0 Å². The molecule has 5 heterocycles. The maximum atomic E-state index is 14.8. The molecule has 3 aliphatic rings. The molecule has 2 saturated heterocycles. The van der Waals surface area contributed by atoms with E-state index in [1.54, 1.807) is 43.1 Å². The summed E-state index contributed by atoms with van der Waals surface area (Å²) in [5.41, 5.74) is 3.01. The maximum Gasteiger partial charge on any atom is 0.289 e. The Balaban J connectivity index is 1.31. The van der Waals surface area contributed by atoms with Gasteiger partial charge in [-0.15, -0.1) is 0 Å². The summed E-state index contributed by atoms with van der Waals surface area (Å²) in [5, 5.41) is 3.97. The molecular weight excluding hydrogens is 652 g/mol. The van der Waals surface area contributed by atoms with Gasteiger partial charge in [0.1, 0.15) is 0 Å². The first-order valence-electron chi connectivity index (χ1n) is 18.1. The second-order valence-corrected chi connectivity index (χ2v) is 14.1. The van der Waals surface area contributed by atoms with Gasteiger partial charge in [-0.2, -0.15) is 0 Å². The van der Waals surface area contributed by atoms with Gasteiger partial charge in [0.25, 0.3) is 5.91 Å². The molecule has 0 bridgehead atoms. The highest BCUT2D eigenvalue weighted by molar-refractivity contribution is 5.94. The van der Waals surface area contributed by atoms with E-state index in [-0.39, 0.29) is 48.1 Å². The molecule has 2 aromatic heterocycles. The van der Waals surface area contributed by atoms with Gasteiger partial charge in [-0.25, -0.2) is 0 Å². The first kappa shape index (κ1) is 36.2. The summed E-state index contributed by atoms with van der Waals surface area (Å²) in [6.07, 6.45) is 4.51. The Hall–Kier alpha value is -4.65. The third-order valence-electron chi connectivity index (χ3n) is 11.0. The van der Waals surface area contributed by atoms with Crippen molar-refractivity contribution in [3.05, 3.63) is 59.2 Å². The molecule has 13 nitrogen and oxygen atoms in total. The van der Waals surface area contributed by atoms with E-state index in [4.69, 9.17) is 9.15 Å². The zero-order valence-corrected chi connectivity index (χ0v) is 30.2. The standard InChI is InChI=1S/C38H50N6O7/c1-5-38-29(36(48)42-16-18-43(19-17-42)37(49)31-8-6-21-51-31)23-26(24-32(45)39-14-7-20-50-4)35(47)44(38)15-13-28-27-11-9-25(10-12-33(46)41(2)3)22-30(27)40-34(28)38/h6,8-9,11,21-22,26,29,40H,5,7,10,12-20,23-24H2,1-4H3,(H,39,45)/t26-,29-,38+/m1/s1. The molecule has 274 valence electrons. The highest BCUT2D eigenvalue weighted by Crippen LogP contribution is 2.52. The third kappa shape index (κ3) is 7.00. The summed E-state index contributed by atoms with van der Waals surface area (Å²) >= 11 is 0. The monoisotopic (exact) mass is 702 g/mol. The molecule has 51 heavy (non-hydrogen) atoms. The number of hydrogen-bond acceptors (Lipinski definition) is 7. The maximum absolute atomic E-state index is 14.8. The van der Waals surface area contributed by atoms with Crippen LogP contribution in [-0.4, -0.2) is 121 Å². The lowest BCUT2D eigenvalue weighted by molar-refractivity contribution is -0.167. The molecule has 6 rings (SSSR count). The lowest BCUT2D eigenvalue weighted by Gasteiger charge is -2.56. The largest absolute Gasteiger partial charge is 0.459 e. The van der Waals surface area contributed by atoms with E-state index < -0.39 is 17.4 Å². The molecule has 3 aliphatic heterocycles. The quantitative estimate of drug-likeness (QED) is 0.276. The molecule has 3 aromatic rings. The minimum atomic E-state index is -0.936. The summed E-state index contributed by atoms with van der Waals surface area (Å²) in [7, 11) is 5.12. The molecule has 0 radical (unpaired) electrons. The molecule has 13 heteroatoms. The number of piperidine rings is 1. The SMILES string of the molecule is CC[C@]12c3[nH]c4cc(CCC(=O)N(C)C)ccc4c3CCN1C(=O)[C@@H](CC(=O)NCCCOC)C[C@@H]2C(=O)N1CCN(C(=O)c2ccco2)CC1. The number of benzene rings is 1. The zero-order chi connectivity index (χ0) is 36.3. The predicted octanol–water partition coefficient (Wildman–Crippen LogP) is 2.94. The summed E-state index contributed by atoms with van der Waals surface area (Å²) in [4.78, 5) is 78.3. The molecule has 2 N–H and O–H groups in total. The number of aromatic amines is 1. The number of piperazine rings is 1. The predicted molar refractivity (Wildman–Crippen MR) is 190 cm³/mol. The fourth-order valence-electron chi connectivity index (χ4n) is 8.33. The van der Waals surface area contributed by atoms with Crippen molar-refractivity contribution in [2.45, 2.75) is 57.4 Å². The Kier molecular flexibility index (Phi) is 10.8. The van der Waals surface area contributed by atoms with Crippen LogP contribution in [0.2, 0.25) is 0 Å². The summed E-state index contributed by atoms with van der Waals surface area (Å²) in [5.74, 6) is -1.51. The molecule has 0 aliphatic carbocycles. The van der Waals surface area contributed by atoms with Crippen molar-refractivity contribution in [3.63, 3.8) is 0 Å². The van der Waals surface area contributed by atoms with E-state index in [9.17, 15) is 24.0 Å². The Morgan fingerprint density at radius 3 is 2.53 bits per heavy atom. The van der Waals surface area contributed by atoms with Crippen LogP contribution in [0.25, 0.3) is 10.9 Å². The fraction of sp³-hybridized carbons (Fsp3) is 0.553. The van der Waals surface area contributed by atoms with Crippen molar-refractivity contribution in [1.29, 1.82) is 0 Å². The Bertz CT molecular complexity index is 1760. The number of carbonyl (C=O) groups is 5. The van der Waals surface area contributed by atoms with Gasteiger partial charge in [0.05, 0.1) is 17.7 Å². The molecule has 0 saturated carbocycles. The number of rotatable bonds is 12. The summed E-state index contributed by atoms with van der Waals surface area (Å²) in [6.45, 7) is 4.88. The summed E-state index contributed by atoms with van der Waals surface area (Å²) < 4.78 is 10.4. The van der Waals surface area contributed by atoms with Gasteiger partial charge in [-0.1, -0.05) is 19.1 Å². The van der Waals surface area contributed by atoms with Crippen LogP contribution in [0.15, 0.2) is 41.0 Å². The van der Waals surface area contributed by atoms with Gasteiger partial charge in [-0.05, 0) is 61.4 Å². The summed E-state index contributed by atoms with van der Waals surface area (Å²) in [6, 6.07) is 9.55. The highest BCUT2D eigenvalue weighted by atomic mass is 16.5. The third-order valence-corrected chi connectivity index (χ3v) is 11.0. The number of furan rings is 1. The van der Waals surface area contributed by atoms with Crippen LogP contribution in [0.1, 0.15) is 66.4 Å². The van der Waals surface area contributed by atoms with Gasteiger partial charge >= 0.3 is 0 Å². The number of H-pyrrole nitrogens is 1. The number of methoxy groups -OCH3 is 1. The number of ether oxygens (including phenoxy) is 1. The van der Waals surface area contributed by atoms with Crippen LogP contribution in [0.5, 0.6) is 0 Å². The number of fused-ring (bicyclic) bond motifs is 5.